The van der Waals surface area contributed by atoms with E-state index in [-0.39, 0.29) is 67.4 Å². The maximum absolute atomic E-state index is 14.9. The molecule has 1 aromatic rings. The average Bonchev–Trinajstić information content (AvgIpc) is 3.82. The van der Waals surface area contributed by atoms with Crippen LogP contribution < -0.4 is 0 Å². The minimum atomic E-state index is -2.75. The molecule has 1 aromatic carbocycles. The molecule has 5 fully saturated rings. The molecule has 4 saturated heterocycles. The highest BCUT2D eigenvalue weighted by molar-refractivity contribution is 6.30. The summed E-state index contributed by atoms with van der Waals surface area (Å²) < 4.78 is 34.5. The Bertz CT molecular complexity index is 1320. The Hall–Kier alpha value is -2.34. The van der Waals surface area contributed by atoms with Gasteiger partial charge in [0.2, 0.25) is 17.7 Å². The fourth-order valence-corrected chi connectivity index (χ4v) is 8.62. The number of benzene rings is 1. The second kappa shape index (κ2) is 14.1. The van der Waals surface area contributed by atoms with Crippen LogP contribution in [0, 0.1) is 5.92 Å². The lowest BCUT2D eigenvalue weighted by Crippen LogP contribution is -2.54. The summed E-state index contributed by atoms with van der Waals surface area (Å²) in [6.07, 6.45) is 0.857. The van der Waals surface area contributed by atoms with Crippen molar-refractivity contribution < 1.29 is 27.9 Å². The van der Waals surface area contributed by atoms with Gasteiger partial charge in [-0.05, 0) is 77.6 Å². The summed E-state index contributed by atoms with van der Waals surface area (Å²) >= 11 is 6.24. The smallest absolute Gasteiger partial charge is 0.252 e. The Kier molecular flexibility index (Phi) is 10.4. The van der Waals surface area contributed by atoms with Gasteiger partial charge in [-0.1, -0.05) is 23.7 Å². The highest BCUT2D eigenvalue weighted by Crippen LogP contribution is 2.41. The van der Waals surface area contributed by atoms with E-state index in [9.17, 15) is 23.2 Å². The largest absolute Gasteiger partial charge is 0.368 e. The zero-order valence-corrected chi connectivity index (χ0v) is 29.6. The van der Waals surface area contributed by atoms with Crippen LogP contribution in [-0.4, -0.2) is 137 Å². The Morgan fingerprint density at radius 1 is 0.917 bits per heavy atom. The fourth-order valence-electron chi connectivity index (χ4n) is 8.49. The molecule has 0 N–H and O–H groups in total. The van der Waals surface area contributed by atoms with Crippen molar-refractivity contribution >= 4 is 29.3 Å². The number of likely N-dealkylation sites (tertiary alicyclic amines) is 2. The standard InChI is InChI=1S/C36H52ClF2N5O4/c1-35(2,3)42-22-28(24-7-9-25(37)10-8-24)29(23-42)32(45)43-21-27(20-30(43)33(46)41-17-15-40(4)16-18-41)44(34(47)31-6-5-19-48-31)26-11-13-36(38,39)14-12-26/h7-10,26-31H,5-6,11-23H2,1-4H3/t27-,28-,29-,30-,31-/m0/s1. The van der Waals surface area contributed by atoms with E-state index in [1.807, 2.05) is 36.2 Å². The molecule has 4 aliphatic heterocycles. The summed E-state index contributed by atoms with van der Waals surface area (Å²) in [5.41, 5.74) is 0.857. The lowest BCUT2D eigenvalue weighted by molar-refractivity contribution is -0.150. The lowest BCUT2D eigenvalue weighted by Gasteiger charge is -2.41. The van der Waals surface area contributed by atoms with Crippen molar-refractivity contribution in [2.24, 2.45) is 5.92 Å². The molecule has 5 atom stereocenters. The Labute approximate surface area is 288 Å². The van der Waals surface area contributed by atoms with Crippen LogP contribution in [0.3, 0.4) is 0 Å². The summed E-state index contributed by atoms with van der Waals surface area (Å²) in [4.78, 5) is 53.3. The molecule has 48 heavy (non-hydrogen) atoms. The van der Waals surface area contributed by atoms with Gasteiger partial charge in [0.25, 0.3) is 5.91 Å². The van der Waals surface area contributed by atoms with Gasteiger partial charge in [0.05, 0.1) is 12.0 Å². The van der Waals surface area contributed by atoms with Crippen LogP contribution in [0.2, 0.25) is 5.02 Å². The van der Waals surface area contributed by atoms with Gasteiger partial charge in [0.15, 0.2) is 0 Å². The number of halogens is 3. The molecule has 4 heterocycles. The first-order valence-electron chi connectivity index (χ1n) is 17.8. The number of likely N-dealkylation sites (N-methyl/N-ethyl adjacent to an activating group) is 1. The van der Waals surface area contributed by atoms with Gasteiger partial charge in [-0.2, -0.15) is 0 Å². The number of piperazine rings is 1. The molecule has 9 nitrogen and oxygen atoms in total. The van der Waals surface area contributed by atoms with E-state index in [0.29, 0.717) is 50.7 Å². The zero-order chi connectivity index (χ0) is 34.4. The molecule has 3 amide bonds. The van der Waals surface area contributed by atoms with E-state index < -0.39 is 30.0 Å². The van der Waals surface area contributed by atoms with E-state index in [1.165, 1.54) is 0 Å². The van der Waals surface area contributed by atoms with Gasteiger partial charge in [0.1, 0.15) is 12.1 Å². The highest BCUT2D eigenvalue weighted by atomic mass is 35.5. The topological polar surface area (TPSA) is 76.6 Å². The molecule has 0 spiro atoms. The number of hydrogen-bond acceptors (Lipinski definition) is 6. The van der Waals surface area contributed by atoms with Crippen LogP contribution in [0.1, 0.15) is 77.2 Å². The van der Waals surface area contributed by atoms with Crippen LogP contribution >= 0.6 is 11.6 Å². The quantitative estimate of drug-likeness (QED) is 0.438. The number of hydrogen-bond donors (Lipinski definition) is 0. The molecule has 1 saturated carbocycles. The van der Waals surface area contributed by atoms with Crippen molar-refractivity contribution in [1.29, 1.82) is 0 Å². The van der Waals surface area contributed by atoms with Gasteiger partial charge in [-0.25, -0.2) is 8.78 Å². The summed E-state index contributed by atoms with van der Waals surface area (Å²) in [7, 11) is 2.03. The molecule has 266 valence electrons. The number of ether oxygens (including phenoxy) is 1. The first-order valence-corrected chi connectivity index (χ1v) is 18.2. The lowest BCUT2D eigenvalue weighted by atomic mass is 9.87. The second-order valence-corrected chi connectivity index (χ2v) is 16.1. The van der Waals surface area contributed by atoms with Crippen molar-refractivity contribution in [2.45, 2.75) is 107 Å². The van der Waals surface area contributed by atoms with E-state index in [2.05, 4.69) is 30.6 Å². The summed E-state index contributed by atoms with van der Waals surface area (Å²) in [5.74, 6) is -3.61. The third-order valence-electron chi connectivity index (χ3n) is 11.5. The fraction of sp³-hybridized carbons (Fsp3) is 0.750. The average molecular weight is 692 g/mol. The van der Waals surface area contributed by atoms with Gasteiger partial charge in [0, 0.05) is 87.8 Å². The predicted molar refractivity (Wildman–Crippen MR) is 180 cm³/mol. The first-order chi connectivity index (χ1) is 22.7. The van der Waals surface area contributed by atoms with Gasteiger partial charge in [-0.3, -0.25) is 19.3 Å². The van der Waals surface area contributed by atoms with Gasteiger partial charge < -0.3 is 24.3 Å². The summed E-state index contributed by atoms with van der Waals surface area (Å²) in [6, 6.07) is 6.10. The van der Waals surface area contributed by atoms with Crippen molar-refractivity contribution in [3.8, 4) is 0 Å². The Morgan fingerprint density at radius 2 is 1.58 bits per heavy atom. The monoisotopic (exact) mass is 691 g/mol. The van der Waals surface area contributed by atoms with Crippen LogP contribution in [0.5, 0.6) is 0 Å². The molecule has 0 aromatic heterocycles. The maximum atomic E-state index is 14.9. The number of alkyl halides is 2. The van der Waals surface area contributed by atoms with Crippen molar-refractivity contribution in [3.63, 3.8) is 0 Å². The van der Waals surface area contributed by atoms with Crippen LogP contribution in [-0.2, 0) is 19.1 Å². The number of carbonyl (C=O) groups is 3. The third-order valence-corrected chi connectivity index (χ3v) is 11.7. The molecule has 0 radical (unpaired) electrons. The second-order valence-electron chi connectivity index (χ2n) is 15.7. The van der Waals surface area contributed by atoms with Crippen molar-refractivity contribution in [2.75, 3.05) is 59.5 Å². The molecule has 6 rings (SSSR count). The van der Waals surface area contributed by atoms with Crippen LogP contribution in [0.25, 0.3) is 0 Å². The SMILES string of the molecule is CN1CCN(C(=O)[C@@H]2C[C@H](N(C(=O)[C@@H]3CCCO3)C3CCC(F)(F)CC3)CN2C(=O)[C@H]2CN(C(C)(C)C)C[C@H]2c2ccc(Cl)cc2)CC1. The van der Waals surface area contributed by atoms with Crippen molar-refractivity contribution in [3.05, 3.63) is 34.9 Å². The third kappa shape index (κ3) is 7.54. The Balaban J connectivity index is 1.33. The number of nitrogens with zero attached hydrogens (tertiary/aromatic N) is 5. The van der Waals surface area contributed by atoms with E-state index >= 15 is 0 Å². The highest BCUT2D eigenvalue weighted by Gasteiger charge is 2.52. The molecule has 12 heteroatoms. The maximum Gasteiger partial charge on any atom is 0.252 e. The zero-order valence-electron chi connectivity index (χ0n) is 28.9. The summed E-state index contributed by atoms with van der Waals surface area (Å²) in [5, 5.41) is 0.629. The van der Waals surface area contributed by atoms with Crippen LogP contribution in [0.15, 0.2) is 24.3 Å². The van der Waals surface area contributed by atoms with E-state index in [1.54, 1.807) is 9.80 Å². The minimum Gasteiger partial charge on any atom is -0.368 e. The van der Waals surface area contributed by atoms with Crippen molar-refractivity contribution in [1.82, 2.24) is 24.5 Å². The Morgan fingerprint density at radius 3 is 2.19 bits per heavy atom. The number of carbonyl (C=O) groups excluding carboxylic acids is 3. The number of amides is 3. The minimum absolute atomic E-state index is 0.0867. The molecular formula is C36H52ClF2N5O4. The molecule has 0 bridgehead atoms. The predicted octanol–water partition coefficient (Wildman–Crippen LogP) is 4.48. The van der Waals surface area contributed by atoms with Crippen LogP contribution in [0.4, 0.5) is 8.78 Å². The summed E-state index contributed by atoms with van der Waals surface area (Å²) in [6.45, 7) is 11.0. The number of rotatable bonds is 6. The normalized spacial score (nSPS) is 30.6. The van der Waals surface area contributed by atoms with E-state index in [4.69, 9.17) is 16.3 Å². The molecule has 5 aliphatic rings. The molecule has 0 unspecified atom stereocenters. The molecular weight excluding hydrogens is 640 g/mol. The van der Waals surface area contributed by atoms with Gasteiger partial charge >= 0.3 is 0 Å². The molecule has 1 aliphatic carbocycles. The van der Waals surface area contributed by atoms with E-state index in [0.717, 1.165) is 25.1 Å². The van der Waals surface area contributed by atoms with Gasteiger partial charge in [-0.15, -0.1) is 0 Å². The first kappa shape index (κ1) is 35.5.